The van der Waals surface area contributed by atoms with Gasteiger partial charge < -0.3 is 10.1 Å². The number of amides is 1. The van der Waals surface area contributed by atoms with E-state index in [1.54, 1.807) is 0 Å². The summed E-state index contributed by atoms with van der Waals surface area (Å²) < 4.78 is 5.38. The maximum absolute atomic E-state index is 12.0. The first-order chi connectivity index (χ1) is 8.70. The van der Waals surface area contributed by atoms with E-state index >= 15 is 0 Å². The molecule has 1 saturated heterocycles. The summed E-state index contributed by atoms with van der Waals surface area (Å²) >= 11 is 5.86. The molecule has 1 fully saturated rings. The average molecular weight is 268 g/mol. The number of benzene rings is 1. The van der Waals surface area contributed by atoms with Crippen LogP contribution >= 0.6 is 11.6 Å². The molecular formula is C14H18ClNO2. The van der Waals surface area contributed by atoms with Crippen LogP contribution in [-0.2, 0) is 9.53 Å². The first-order valence-corrected chi connectivity index (χ1v) is 6.76. The van der Waals surface area contributed by atoms with Gasteiger partial charge in [0, 0.05) is 11.6 Å². The largest absolute Gasteiger partial charge is 0.368 e. The Kier molecular flexibility index (Phi) is 4.61. The van der Waals surface area contributed by atoms with E-state index in [-0.39, 0.29) is 18.1 Å². The monoisotopic (exact) mass is 267 g/mol. The van der Waals surface area contributed by atoms with Crippen molar-refractivity contribution in [3.05, 3.63) is 34.9 Å². The molecule has 1 aliphatic rings. The fourth-order valence-electron chi connectivity index (χ4n) is 2.17. The number of ether oxygens (including phenoxy) is 1. The Bertz CT molecular complexity index is 399. The number of nitrogens with one attached hydrogen (secondary N) is 1. The minimum absolute atomic E-state index is 0.00528. The zero-order valence-corrected chi connectivity index (χ0v) is 11.2. The lowest BCUT2D eigenvalue weighted by atomic mass is 10.0. The van der Waals surface area contributed by atoms with Gasteiger partial charge in [-0.05, 0) is 37.0 Å². The second kappa shape index (κ2) is 6.21. The lowest BCUT2D eigenvalue weighted by molar-refractivity contribution is -0.130. The van der Waals surface area contributed by atoms with Crippen LogP contribution in [0.2, 0.25) is 5.02 Å². The molecule has 0 spiro atoms. The molecule has 0 unspecified atom stereocenters. The predicted octanol–water partition coefficient (Wildman–Crippen LogP) is 3.09. The summed E-state index contributed by atoms with van der Waals surface area (Å²) in [5, 5.41) is 3.74. The van der Waals surface area contributed by atoms with Crippen LogP contribution in [0.3, 0.4) is 0 Å². The summed E-state index contributed by atoms with van der Waals surface area (Å²) in [5.74, 6) is -0.00528. The van der Waals surface area contributed by atoms with Crippen LogP contribution in [-0.4, -0.2) is 18.6 Å². The number of hydrogen-bond acceptors (Lipinski definition) is 2. The van der Waals surface area contributed by atoms with Crippen molar-refractivity contribution in [3.8, 4) is 0 Å². The molecule has 1 N–H and O–H groups in total. The van der Waals surface area contributed by atoms with Crippen molar-refractivity contribution in [1.82, 2.24) is 5.32 Å². The summed E-state index contributed by atoms with van der Waals surface area (Å²) in [6.45, 7) is 2.74. The Morgan fingerprint density at radius 1 is 1.50 bits per heavy atom. The molecule has 2 atom stereocenters. The molecule has 4 heteroatoms. The lowest BCUT2D eigenvalue weighted by Gasteiger charge is -2.19. The fourth-order valence-corrected chi connectivity index (χ4v) is 2.29. The highest BCUT2D eigenvalue weighted by Gasteiger charge is 2.25. The molecule has 1 heterocycles. The first-order valence-electron chi connectivity index (χ1n) is 6.38. The number of rotatable bonds is 4. The van der Waals surface area contributed by atoms with E-state index in [9.17, 15) is 4.79 Å². The molecule has 18 heavy (non-hydrogen) atoms. The Labute approximate surface area is 112 Å². The van der Waals surface area contributed by atoms with E-state index in [4.69, 9.17) is 16.3 Å². The SMILES string of the molecule is CC[C@@H](NC(=O)[C@H]1CCCO1)c1ccc(Cl)cc1. The second-order valence-electron chi connectivity index (χ2n) is 4.52. The van der Waals surface area contributed by atoms with Gasteiger partial charge in [-0.3, -0.25) is 4.79 Å². The van der Waals surface area contributed by atoms with Gasteiger partial charge in [-0.25, -0.2) is 0 Å². The van der Waals surface area contributed by atoms with Gasteiger partial charge >= 0.3 is 0 Å². The van der Waals surface area contributed by atoms with Crippen molar-refractivity contribution in [2.45, 2.75) is 38.3 Å². The summed E-state index contributed by atoms with van der Waals surface area (Å²) in [6.07, 6.45) is 2.37. The molecule has 1 aromatic rings. The molecule has 1 aliphatic heterocycles. The minimum Gasteiger partial charge on any atom is -0.368 e. The molecule has 0 saturated carbocycles. The molecule has 0 aromatic heterocycles. The molecule has 0 bridgehead atoms. The molecule has 98 valence electrons. The highest BCUT2D eigenvalue weighted by atomic mass is 35.5. The fraction of sp³-hybridized carbons (Fsp3) is 0.500. The van der Waals surface area contributed by atoms with Crippen LogP contribution < -0.4 is 5.32 Å². The number of carbonyl (C=O) groups is 1. The second-order valence-corrected chi connectivity index (χ2v) is 4.96. The van der Waals surface area contributed by atoms with Crippen LogP contribution in [0.1, 0.15) is 37.8 Å². The highest BCUT2D eigenvalue weighted by Crippen LogP contribution is 2.20. The Balaban J connectivity index is 2.00. The van der Waals surface area contributed by atoms with E-state index in [1.807, 2.05) is 24.3 Å². The van der Waals surface area contributed by atoms with Crippen LogP contribution in [0.5, 0.6) is 0 Å². The number of halogens is 1. The number of hydrogen-bond donors (Lipinski definition) is 1. The lowest BCUT2D eigenvalue weighted by Crippen LogP contribution is -2.36. The maximum atomic E-state index is 12.0. The van der Waals surface area contributed by atoms with Crippen LogP contribution in [0.4, 0.5) is 0 Å². The van der Waals surface area contributed by atoms with Gasteiger partial charge in [-0.1, -0.05) is 30.7 Å². The van der Waals surface area contributed by atoms with Gasteiger partial charge in [-0.15, -0.1) is 0 Å². The van der Waals surface area contributed by atoms with Crippen LogP contribution in [0.15, 0.2) is 24.3 Å². The molecule has 3 nitrogen and oxygen atoms in total. The van der Waals surface area contributed by atoms with Gasteiger partial charge in [0.2, 0.25) is 5.91 Å². The predicted molar refractivity (Wildman–Crippen MR) is 71.6 cm³/mol. The zero-order valence-electron chi connectivity index (χ0n) is 10.5. The number of carbonyl (C=O) groups excluding carboxylic acids is 1. The smallest absolute Gasteiger partial charge is 0.249 e. The van der Waals surface area contributed by atoms with Crippen molar-refractivity contribution < 1.29 is 9.53 Å². The Morgan fingerprint density at radius 3 is 2.78 bits per heavy atom. The molecular weight excluding hydrogens is 250 g/mol. The van der Waals surface area contributed by atoms with E-state index in [0.717, 1.165) is 24.8 Å². The van der Waals surface area contributed by atoms with E-state index in [2.05, 4.69) is 12.2 Å². The molecule has 1 amide bonds. The summed E-state index contributed by atoms with van der Waals surface area (Å²) in [4.78, 5) is 12.0. The van der Waals surface area contributed by atoms with E-state index < -0.39 is 0 Å². The van der Waals surface area contributed by atoms with E-state index in [1.165, 1.54) is 0 Å². The van der Waals surface area contributed by atoms with Crippen molar-refractivity contribution in [1.29, 1.82) is 0 Å². The summed E-state index contributed by atoms with van der Waals surface area (Å²) in [7, 11) is 0. The van der Waals surface area contributed by atoms with Crippen molar-refractivity contribution in [2.24, 2.45) is 0 Å². The van der Waals surface area contributed by atoms with Gasteiger partial charge in [0.15, 0.2) is 0 Å². The molecule has 1 aromatic carbocycles. The Morgan fingerprint density at radius 2 is 2.22 bits per heavy atom. The zero-order chi connectivity index (χ0) is 13.0. The topological polar surface area (TPSA) is 38.3 Å². The van der Waals surface area contributed by atoms with Crippen LogP contribution in [0, 0.1) is 0 Å². The first kappa shape index (κ1) is 13.4. The highest BCUT2D eigenvalue weighted by molar-refractivity contribution is 6.30. The van der Waals surface area contributed by atoms with Gasteiger partial charge in [0.05, 0.1) is 6.04 Å². The van der Waals surface area contributed by atoms with E-state index in [0.29, 0.717) is 11.6 Å². The molecule has 0 aliphatic carbocycles. The average Bonchev–Trinajstić information content (AvgIpc) is 2.91. The normalized spacial score (nSPS) is 20.7. The standard InChI is InChI=1S/C14H18ClNO2/c1-2-12(10-5-7-11(15)8-6-10)16-14(17)13-4-3-9-18-13/h5-8,12-13H,2-4,9H2,1H3,(H,16,17)/t12-,13-/m1/s1. The van der Waals surface area contributed by atoms with Crippen molar-refractivity contribution in [2.75, 3.05) is 6.61 Å². The van der Waals surface area contributed by atoms with Gasteiger partial charge in [0.25, 0.3) is 0 Å². The maximum Gasteiger partial charge on any atom is 0.249 e. The Hall–Kier alpha value is -1.06. The van der Waals surface area contributed by atoms with Crippen molar-refractivity contribution in [3.63, 3.8) is 0 Å². The van der Waals surface area contributed by atoms with Crippen LogP contribution in [0.25, 0.3) is 0 Å². The summed E-state index contributed by atoms with van der Waals surface area (Å²) in [6, 6.07) is 7.62. The third-order valence-corrected chi connectivity index (χ3v) is 3.47. The molecule has 0 radical (unpaired) electrons. The summed E-state index contributed by atoms with van der Waals surface area (Å²) in [5.41, 5.74) is 1.08. The minimum atomic E-state index is -0.272. The van der Waals surface area contributed by atoms with Crippen molar-refractivity contribution >= 4 is 17.5 Å². The quantitative estimate of drug-likeness (QED) is 0.910. The molecule has 2 rings (SSSR count). The van der Waals surface area contributed by atoms with Gasteiger partial charge in [0.1, 0.15) is 6.10 Å². The third-order valence-electron chi connectivity index (χ3n) is 3.22. The van der Waals surface area contributed by atoms with Gasteiger partial charge in [-0.2, -0.15) is 0 Å². The third kappa shape index (κ3) is 3.24.